The predicted molar refractivity (Wildman–Crippen MR) is 162 cm³/mol. The molecule has 15 nitrogen and oxygen atoms in total. The molecule has 0 fully saturated rings. The summed E-state index contributed by atoms with van der Waals surface area (Å²) in [5.41, 5.74) is 0.0484. The minimum Gasteiger partial charge on any atom is -0.493 e. The van der Waals surface area contributed by atoms with E-state index in [1.165, 1.54) is 62.8 Å². The van der Waals surface area contributed by atoms with E-state index >= 15 is 0 Å². The molecule has 1 amide bonds. The van der Waals surface area contributed by atoms with E-state index in [1.807, 2.05) is 0 Å². The number of ether oxygens (including phenoxy) is 3. The normalized spacial score (nSPS) is 13.5. The van der Waals surface area contributed by atoms with Crippen molar-refractivity contribution in [2.45, 2.75) is 24.2 Å². The lowest BCUT2D eigenvalue weighted by molar-refractivity contribution is -0.757. The molecule has 0 bridgehead atoms. The van der Waals surface area contributed by atoms with Gasteiger partial charge in [0.2, 0.25) is 0 Å². The van der Waals surface area contributed by atoms with Gasteiger partial charge in [0.15, 0.2) is 23.0 Å². The maximum atomic E-state index is 13.3. The average molecular weight is 653 g/mol. The van der Waals surface area contributed by atoms with Crippen molar-refractivity contribution in [3.63, 3.8) is 0 Å². The average Bonchev–Trinajstić information content (AvgIpc) is 3.03. The quantitative estimate of drug-likeness (QED) is 0.0706. The van der Waals surface area contributed by atoms with Crippen molar-refractivity contribution in [3.8, 4) is 11.5 Å². The zero-order valence-electron chi connectivity index (χ0n) is 24.6. The first-order valence-corrected chi connectivity index (χ1v) is 15.1. The van der Waals surface area contributed by atoms with Crippen LogP contribution in [0.25, 0.3) is 11.8 Å². The van der Waals surface area contributed by atoms with Gasteiger partial charge in [0.25, 0.3) is 21.0 Å². The zero-order valence-corrected chi connectivity index (χ0v) is 25.4. The standard InChI is InChI=1S/C30H28N4O11S/c1-33-28(30(37)32-25-11-5-7-17-31-25)29(21-9-3-4-10-24(21)46(33,40)41)45-27(36)16-14-20-13-15-22(23(19-20)42-2)44-26(35)12-6-8-18-43-34(38)39/h3-5,7,9-11,13-17,19H,6,8,12,18H2,1-2H3,(H,31,32,37). The smallest absolute Gasteiger partial charge is 0.336 e. The Labute approximate surface area is 263 Å². The number of sulfonamides is 1. The number of esters is 2. The van der Waals surface area contributed by atoms with E-state index in [-0.39, 0.29) is 53.0 Å². The minimum atomic E-state index is -4.16. The number of hydrogen-bond donors (Lipinski definition) is 1. The van der Waals surface area contributed by atoms with Crippen molar-refractivity contribution < 1.29 is 46.9 Å². The van der Waals surface area contributed by atoms with Crippen LogP contribution in [0.15, 0.2) is 83.5 Å². The molecule has 0 saturated heterocycles. The number of benzene rings is 2. The SMILES string of the molecule is COc1cc(C=CC(=O)OC2=C(C(=O)Nc3ccccn3)N(C)S(=O)(=O)c3ccccc32)ccc1OC(=O)CCCCO[N+](=O)[O-]. The Kier molecular flexibility index (Phi) is 10.7. The zero-order chi connectivity index (χ0) is 33.3. The highest BCUT2D eigenvalue weighted by molar-refractivity contribution is 7.89. The number of likely N-dealkylation sites (N-methyl/N-ethyl adjacent to an activating group) is 1. The van der Waals surface area contributed by atoms with Gasteiger partial charge in [-0.15, -0.1) is 10.1 Å². The van der Waals surface area contributed by atoms with Gasteiger partial charge in [-0.2, -0.15) is 0 Å². The van der Waals surface area contributed by atoms with Gasteiger partial charge in [-0.05, 0) is 60.9 Å². The number of carbonyl (C=O) groups is 3. The Morgan fingerprint density at radius 1 is 1.02 bits per heavy atom. The molecule has 0 atom stereocenters. The van der Waals surface area contributed by atoms with Crippen LogP contribution in [0.3, 0.4) is 0 Å². The Morgan fingerprint density at radius 3 is 2.50 bits per heavy atom. The number of nitrogens with one attached hydrogen (secondary N) is 1. The van der Waals surface area contributed by atoms with Crippen molar-refractivity contribution in [3.05, 3.63) is 99.9 Å². The fourth-order valence-corrected chi connectivity index (χ4v) is 5.62. The maximum Gasteiger partial charge on any atom is 0.336 e. The van der Waals surface area contributed by atoms with E-state index in [1.54, 1.807) is 24.3 Å². The van der Waals surface area contributed by atoms with Crippen LogP contribution in [-0.2, 0) is 34.0 Å². The molecule has 0 saturated carbocycles. The second-order valence-electron chi connectivity index (χ2n) is 9.47. The Balaban J connectivity index is 1.52. The molecule has 0 aliphatic carbocycles. The maximum absolute atomic E-state index is 13.3. The summed E-state index contributed by atoms with van der Waals surface area (Å²) in [4.78, 5) is 56.8. The number of aromatic nitrogens is 1. The highest BCUT2D eigenvalue weighted by Crippen LogP contribution is 2.37. The molecule has 0 unspecified atom stereocenters. The Hall–Kier alpha value is -5.77. The fourth-order valence-electron chi connectivity index (χ4n) is 4.23. The minimum absolute atomic E-state index is 0.00490. The van der Waals surface area contributed by atoms with Gasteiger partial charge >= 0.3 is 11.9 Å². The summed E-state index contributed by atoms with van der Waals surface area (Å²) in [6.45, 7) is -0.133. The van der Waals surface area contributed by atoms with Crippen LogP contribution in [0.1, 0.15) is 30.4 Å². The predicted octanol–water partition coefficient (Wildman–Crippen LogP) is 3.57. The van der Waals surface area contributed by atoms with Crippen molar-refractivity contribution in [2.24, 2.45) is 0 Å². The van der Waals surface area contributed by atoms with E-state index in [4.69, 9.17) is 14.2 Å². The van der Waals surface area contributed by atoms with Crippen LogP contribution in [0.4, 0.5) is 5.82 Å². The second kappa shape index (κ2) is 14.8. The van der Waals surface area contributed by atoms with Crippen LogP contribution in [0, 0.1) is 10.1 Å². The lowest BCUT2D eigenvalue weighted by atomic mass is 10.1. The molecule has 1 aliphatic heterocycles. The van der Waals surface area contributed by atoms with Gasteiger partial charge < -0.3 is 24.4 Å². The Morgan fingerprint density at radius 2 is 1.78 bits per heavy atom. The third kappa shape index (κ3) is 8.03. The number of nitrogens with zero attached hydrogens (tertiary/aromatic N) is 3. The summed E-state index contributed by atoms with van der Waals surface area (Å²) in [5.74, 6) is -2.19. The molecule has 4 rings (SSSR count). The third-order valence-electron chi connectivity index (χ3n) is 6.42. The molecule has 1 aromatic heterocycles. The summed E-state index contributed by atoms with van der Waals surface area (Å²) in [7, 11) is -1.62. The Bertz CT molecular complexity index is 1810. The van der Waals surface area contributed by atoms with E-state index in [2.05, 4.69) is 15.1 Å². The van der Waals surface area contributed by atoms with E-state index < -0.39 is 38.7 Å². The summed E-state index contributed by atoms with van der Waals surface area (Å²) in [5, 5.41) is 11.8. The number of rotatable bonds is 13. The molecule has 46 heavy (non-hydrogen) atoms. The van der Waals surface area contributed by atoms with Gasteiger partial charge in [0.1, 0.15) is 5.82 Å². The van der Waals surface area contributed by atoms with Crippen LogP contribution >= 0.6 is 0 Å². The lowest BCUT2D eigenvalue weighted by Crippen LogP contribution is -2.38. The van der Waals surface area contributed by atoms with Gasteiger partial charge in [-0.1, -0.05) is 24.3 Å². The van der Waals surface area contributed by atoms with Crippen LogP contribution in [-0.4, -0.2) is 61.4 Å². The third-order valence-corrected chi connectivity index (χ3v) is 8.24. The largest absolute Gasteiger partial charge is 0.493 e. The second-order valence-corrected chi connectivity index (χ2v) is 11.4. The first kappa shape index (κ1) is 33.1. The van der Waals surface area contributed by atoms with Crippen LogP contribution < -0.4 is 14.8 Å². The fraction of sp³-hybridized carbons (Fsp3) is 0.200. The number of pyridine rings is 1. The van der Waals surface area contributed by atoms with Crippen molar-refractivity contribution in [1.82, 2.24) is 9.29 Å². The highest BCUT2D eigenvalue weighted by Gasteiger charge is 2.39. The molecular formula is C30H28N4O11S. The number of unbranched alkanes of at least 4 members (excludes halogenated alkanes) is 1. The highest BCUT2D eigenvalue weighted by atomic mass is 32.2. The number of methoxy groups -OCH3 is 1. The summed E-state index contributed by atoms with van der Waals surface area (Å²) < 4.78 is 43.4. The lowest BCUT2D eigenvalue weighted by Gasteiger charge is -2.29. The molecular weight excluding hydrogens is 624 g/mol. The van der Waals surface area contributed by atoms with Crippen molar-refractivity contribution >= 4 is 45.5 Å². The molecule has 0 radical (unpaired) electrons. The van der Waals surface area contributed by atoms with Crippen LogP contribution in [0.2, 0.25) is 0 Å². The van der Waals surface area contributed by atoms with Gasteiger partial charge in [0.05, 0.1) is 18.6 Å². The molecule has 1 N–H and O–H groups in total. The molecule has 16 heteroatoms. The first-order chi connectivity index (χ1) is 22.0. The summed E-state index contributed by atoms with van der Waals surface area (Å²) in [6, 6.07) is 15.1. The monoisotopic (exact) mass is 652 g/mol. The molecule has 1 aliphatic rings. The molecule has 2 aromatic carbocycles. The topological polar surface area (TPSA) is 194 Å². The summed E-state index contributed by atoms with van der Waals surface area (Å²) in [6.07, 6.45) is 4.49. The first-order valence-electron chi connectivity index (χ1n) is 13.6. The number of carbonyl (C=O) groups excluding carboxylic acids is 3. The molecule has 3 aromatic rings. The van der Waals surface area contributed by atoms with E-state index in [0.717, 1.165) is 10.4 Å². The van der Waals surface area contributed by atoms with Gasteiger partial charge in [-0.25, -0.2) is 18.2 Å². The number of amides is 1. The van der Waals surface area contributed by atoms with Crippen molar-refractivity contribution in [2.75, 3.05) is 26.1 Å². The number of anilines is 1. The summed E-state index contributed by atoms with van der Waals surface area (Å²) >= 11 is 0. The van der Waals surface area contributed by atoms with E-state index in [0.29, 0.717) is 12.0 Å². The molecule has 240 valence electrons. The van der Waals surface area contributed by atoms with Gasteiger partial charge in [-0.3, -0.25) is 13.9 Å². The van der Waals surface area contributed by atoms with Crippen LogP contribution in [0.5, 0.6) is 11.5 Å². The van der Waals surface area contributed by atoms with E-state index in [9.17, 15) is 32.9 Å². The number of hydrogen-bond acceptors (Lipinski definition) is 12. The van der Waals surface area contributed by atoms with Gasteiger partial charge in [0, 0.05) is 31.3 Å². The molecule has 2 heterocycles. The number of fused-ring (bicyclic) bond motifs is 1. The van der Waals surface area contributed by atoms with Crippen molar-refractivity contribution in [1.29, 1.82) is 0 Å². The molecule has 0 spiro atoms.